The van der Waals surface area contributed by atoms with Gasteiger partial charge in [0, 0.05) is 12.1 Å². The smallest absolute Gasteiger partial charge is 0.309 e. The highest BCUT2D eigenvalue weighted by molar-refractivity contribution is 7.91. The average molecular weight is 326 g/mol. The molecule has 0 amide bonds. The minimum Gasteiger partial charge on any atom is -0.617 e. The minimum absolute atomic E-state index is 0.125. The second-order valence-corrected chi connectivity index (χ2v) is 7.42. The van der Waals surface area contributed by atoms with E-state index in [-0.39, 0.29) is 20.7 Å². The van der Waals surface area contributed by atoms with Crippen molar-refractivity contribution in [2.24, 2.45) is 0 Å². The summed E-state index contributed by atoms with van der Waals surface area (Å²) in [6.45, 7) is 3.90. The average Bonchev–Trinajstić information content (AvgIpc) is 2.43. The zero-order valence-electron chi connectivity index (χ0n) is 11.8. The number of hydrogen-bond acceptors (Lipinski definition) is 3. The summed E-state index contributed by atoms with van der Waals surface area (Å²) in [4.78, 5) is 0. The van der Waals surface area contributed by atoms with Gasteiger partial charge in [-0.2, -0.15) is 0 Å². The molecule has 4 nitrogen and oxygen atoms in total. The van der Waals surface area contributed by atoms with Gasteiger partial charge in [-0.25, -0.2) is 8.42 Å². The number of nitrogens with zero attached hydrogens (tertiary/aromatic N) is 1. The monoisotopic (exact) mass is 325 g/mol. The molecular formula is C15H16ClNO3S. The molecule has 0 saturated heterocycles. The van der Waals surface area contributed by atoms with Crippen LogP contribution in [0.25, 0.3) is 0 Å². The molecule has 0 radical (unpaired) electrons. The van der Waals surface area contributed by atoms with Crippen LogP contribution in [-0.4, -0.2) is 14.2 Å². The molecule has 21 heavy (non-hydrogen) atoms. The van der Waals surface area contributed by atoms with Crippen molar-refractivity contribution in [1.82, 2.24) is 0 Å². The van der Waals surface area contributed by atoms with Crippen LogP contribution in [0.3, 0.4) is 0 Å². The standard InChI is InChI=1S/C15H16ClNO3S/c1-11-6-7-12(2)13(10-11)8-9-21(19,20)15-5-3-4-14(16)17(15)18/h3-7,10H,8-9H2,1-2H3. The number of aromatic nitrogens is 1. The first-order chi connectivity index (χ1) is 9.81. The van der Waals surface area contributed by atoms with E-state index in [1.54, 1.807) is 0 Å². The van der Waals surface area contributed by atoms with Crippen LogP contribution in [0.1, 0.15) is 16.7 Å². The maximum absolute atomic E-state index is 12.3. The van der Waals surface area contributed by atoms with Crippen LogP contribution < -0.4 is 4.73 Å². The molecule has 2 rings (SSSR count). The molecule has 0 spiro atoms. The third-order valence-electron chi connectivity index (χ3n) is 3.33. The van der Waals surface area contributed by atoms with Crippen molar-refractivity contribution in [1.29, 1.82) is 0 Å². The molecule has 1 aromatic carbocycles. The highest BCUT2D eigenvalue weighted by Gasteiger charge is 2.25. The van der Waals surface area contributed by atoms with Crippen molar-refractivity contribution < 1.29 is 13.1 Å². The zero-order chi connectivity index (χ0) is 15.6. The van der Waals surface area contributed by atoms with Gasteiger partial charge in [0.05, 0.1) is 5.75 Å². The van der Waals surface area contributed by atoms with Gasteiger partial charge in [0.15, 0.2) is 0 Å². The molecule has 0 N–H and O–H groups in total. The fourth-order valence-corrected chi connectivity index (χ4v) is 3.65. The summed E-state index contributed by atoms with van der Waals surface area (Å²) >= 11 is 5.67. The van der Waals surface area contributed by atoms with E-state index in [0.29, 0.717) is 6.42 Å². The van der Waals surface area contributed by atoms with Gasteiger partial charge in [-0.1, -0.05) is 23.8 Å². The molecule has 1 heterocycles. The molecule has 2 aromatic rings. The molecule has 0 aliphatic carbocycles. The van der Waals surface area contributed by atoms with Crippen LogP contribution in [0.2, 0.25) is 5.15 Å². The molecule has 0 unspecified atom stereocenters. The highest BCUT2D eigenvalue weighted by atomic mass is 35.5. The van der Waals surface area contributed by atoms with Crippen LogP contribution in [0.4, 0.5) is 0 Å². The van der Waals surface area contributed by atoms with Gasteiger partial charge in [-0.3, -0.25) is 0 Å². The number of hydrogen-bond donors (Lipinski definition) is 0. The van der Waals surface area contributed by atoms with Crippen molar-refractivity contribution in [2.75, 3.05) is 5.75 Å². The molecule has 112 valence electrons. The number of halogens is 1. The van der Waals surface area contributed by atoms with Gasteiger partial charge in [0.2, 0.25) is 9.84 Å². The lowest BCUT2D eigenvalue weighted by Crippen LogP contribution is -2.36. The molecule has 0 aliphatic rings. The zero-order valence-corrected chi connectivity index (χ0v) is 13.4. The van der Waals surface area contributed by atoms with Crippen LogP contribution >= 0.6 is 11.6 Å². The summed E-state index contributed by atoms with van der Waals surface area (Å²) < 4.78 is 24.8. The van der Waals surface area contributed by atoms with Crippen molar-refractivity contribution in [3.8, 4) is 0 Å². The lowest BCUT2D eigenvalue weighted by molar-refractivity contribution is -0.644. The number of pyridine rings is 1. The SMILES string of the molecule is Cc1ccc(C)c(CCS(=O)(=O)c2cccc(Cl)[n+]2[O-])c1. The van der Waals surface area contributed by atoms with E-state index in [9.17, 15) is 13.6 Å². The summed E-state index contributed by atoms with van der Waals surface area (Å²) in [5.74, 6) is -0.125. The Morgan fingerprint density at radius 3 is 2.62 bits per heavy atom. The number of sulfone groups is 1. The normalized spacial score (nSPS) is 11.6. The van der Waals surface area contributed by atoms with Crippen molar-refractivity contribution in [3.05, 3.63) is 63.4 Å². The third-order valence-corrected chi connectivity index (χ3v) is 5.29. The van der Waals surface area contributed by atoms with Crippen molar-refractivity contribution in [2.45, 2.75) is 25.3 Å². The van der Waals surface area contributed by atoms with Gasteiger partial charge >= 0.3 is 5.03 Å². The van der Waals surface area contributed by atoms with E-state index in [2.05, 4.69) is 0 Å². The Kier molecular flexibility index (Phi) is 4.54. The second-order valence-electron chi connectivity index (χ2n) is 4.98. The highest BCUT2D eigenvalue weighted by Crippen LogP contribution is 2.15. The Balaban J connectivity index is 2.26. The molecule has 0 aliphatic heterocycles. The van der Waals surface area contributed by atoms with Crippen LogP contribution in [0, 0.1) is 19.1 Å². The molecule has 0 atom stereocenters. The Morgan fingerprint density at radius 1 is 1.19 bits per heavy atom. The third kappa shape index (κ3) is 3.54. The topological polar surface area (TPSA) is 61.1 Å². The molecule has 0 bridgehead atoms. The summed E-state index contributed by atoms with van der Waals surface area (Å²) in [5, 5.41) is 11.3. The summed E-state index contributed by atoms with van der Waals surface area (Å²) in [6, 6.07) is 10.0. The Bertz CT molecular complexity index is 772. The van der Waals surface area contributed by atoms with E-state index in [1.807, 2.05) is 32.0 Å². The van der Waals surface area contributed by atoms with Gasteiger partial charge in [0.1, 0.15) is 0 Å². The van der Waals surface area contributed by atoms with Gasteiger partial charge in [-0.15, -0.1) is 4.73 Å². The van der Waals surface area contributed by atoms with Gasteiger partial charge in [-0.05, 0) is 49.1 Å². The van der Waals surface area contributed by atoms with Crippen LogP contribution in [0.15, 0.2) is 41.4 Å². The fraction of sp³-hybridized carbons (Fsp3) is 0.267. The molecule has 0 fully saturated rings. The van der Waals surface area contributed by atoms with E-state index < -0.39 is 9.84 Å². The van der Waals surface area contributed by atoms with Gasteiger partial charge < -0.3 is 5.21 Å². The summed E-state index contributed by atoms with van der Waals surface area (Å²) in [6.07, 6.45) is 0.363. The fourth-order valence-electron chi connectivity index (χ4n) is 2.10. The van der Waals surface area contributed by atoms with Crippen molar-refractivity contribution in [3.63, 3.8) is 0 Å². The second kappa shape index (κ2) is 6.03. The lowest BCUT2D eigenvalue weighted by atomic mass is 10.0. The van der Waals surface area contributed by atoms with Crippen molar-refractivity contribution >= 4 is 21.4 Å². The van der Waals surface area contributed by atoms with Crippen LogP contribution in [0.5, 0.6) is 0 Å². The summed E-state index contributed by atoms with van der Waals surface area (Å²) in [5.41, 5.74) is 3.09. The Hall–Kier alpha value is -1.59. The van der Waals surface area contributed by atoms with Crippen LogP contribution in [-0.2, 0) is 16.3 Å². The summed E-state index contributed by atoms with van der Waals surface area (Å²) in [7, 11) is -3.68. The quantitative estimate of drug-likeness (QED) is 0.493. The first-order valence-electron chi connectivity index (χ1n) is 6.48. The first kappa shape index (κ1) is 15.8. The van der Waals surface area contributed by atoms with E-state index >= 15 is 0 Å². The number of benzene rings is 1. The molecule has 0 saturated carbocycles. The predicted octanol–water partition coefficient (Wildman–Crippen LogP) is 2.61. The molecule has 1 aromatic heterocycles. The maximum Gasteiger partial charge on any atom is 0.309 e. The van der Waals surface area contributed by atoms with E-state index in [1.165, 1.54) is 18.2 Å². The first-order valence-corrected chi connectivity index (χ1v) is 8.51. The van der Waals surface area contributed by atoms with Gasteiger partial charge in [0.25, 0.3) is 5.15 Å². The lowest BCUT2D eigenvalue weighted by Gasteiger charge is -2.09. The minimum atomic E-state index is -3.68. The number of rotatable bonds is 4. The maximum atomic E-state index is 12.3. The predicted molar refractivity (Wildman–Crippen MR) is 82.1 cm³/mol. The molecular weight excluding hydrogens is 310 g/mol. The number of aryl methyl sites for hydroxylation is 3. The Morgan fingerprint density at radius 2 is 1.90 bits per heavy atom. The Labute approximate surface area is 129 Å². The molecule has 6 heteroatoms. The van der Waals surface area contributed by atoms with E-state index in [0.717, 1.165) is 16.7 Å². The largest absolute Gasteiger partial charge is 0.617 e. The van der Waals surface area contributed by atoms with E-state index in [4.69, 9.17) is 11.6 Å².